The number of hydrogen-bond acceptors (Lipinski definition) is 1. The Balaban J connectivity index is -0.000000125. The summed E-state index contributed by atoms with van der Waals surface area (Å²) < 4.78 is -0.231. The fourth-order valence-electron chi connectivity index (χ4n) is 0. The summed E-state index contributed by atoms with van der Waals surface area (Å²) in [5.41, 5.74) is 0. The fraction of sp³-hybridized carbons (Fsp3) is 0.667. The molecular formula is C3H6GeNaO2. The van der Waals surface area contributed by atoms with Gasteiger partial charge in [0.05, 0.1) is 0 Å². The Morgan fingerprint density at radius 3 is 2.14 bits per heavy atom. The molecule has 1 atom stereocenters. The number of carboxylic acids is 1. The van der Waals surface area contributed by atoms with Crippen LogP contribution in [0.1, 0.15) is 8.35 Å². The summed E-state index contributed by atoms with van der Waals surface area (Å²) in [4.78, 5) is 9.70. The van der Waals surface area contributed by atoms with E-state index in [9.17, 15) is 4.79 Å². The SMILES string of the molecule is C[CH]([Ge])C(=O)O.[H-].[Na+]. The number of aliphatic carboxylic acids is 1. The van der Waals surface area contributed by atoms with E-state index in [1.807, 2.05) is 0 Å². The predicted octanol–water partition coefficient (Wildman–Crippen LogP) is -2.84. The number of rotatable bonds is 1. The van der Waals surface area contributed by atoms with Gasteiger partial charge in [-0.05, 0) is 0 Å². The minimum Gasteiger partial charge on any atom is -1.00 e. The molecule has 0 fully saturated rings. The largest absolute Gasteiger partial charge is 1.00 e. The van der Waals surface area contributed by atoms with Crippen molar-refractivity contribution in [2.24, 2.45) is 0 Å². The van der Waals surface area contributed by atoms with E-state index in [-0.39, 0.29) is 35.7 Å². The monoisotopic (exact) mass is 171 g/mol. The number of hydrogen-bond donors (Lipinski definition) is 1. The normalized spacial score (nSPS) is 11.7. The minimum atomic E-state index is -0.741. The van der Waals surface area contributed by atoms with Crippen LogP contribution in [0.3, 0.4) is 0 Å². The minimum absolute atomic E-state index is 0. The van der Waals surface area contributed by atoms with Crippen LogP contribution < -0.4 is 29.6 Å². The van der Waals surface area contributed by atoms with Gasteiger partial charge in [0.2, 0.25) is 0 Å². The Morgan fingerprint density at radius 2 is 2.14 bits per heavy atom. The molecule has 2 nitrogen and oxygen atoms in total. The molecule has 0 saturated heterocycles. The van der Waals surface area contributed by atoms with Gasteiger partial charge in [0, 0.05) is 0 Å². The molecule has 0 aliphatic carbocycles. The third-order valence-corrected chi connectivity index (χ3v) is 0.889. The molecule has 0 aromatic carbocycles. The summed E-state index contributed by atoms with van der Waals surface area (Å²) in [5, 5.41) is 7.99. The van der Waals surface area contributed by atoms with Crippen LogP contribution in [-0.4, -0.2) is 27.6 Å². The Labute approximate surface area is 74.7 Å². The van der Waals surface area contributed by atoms with Crippen LogP contribution in [0.25, 0.3) is 0 Å². The van der Waals surface area contributed by atoms with Crippen molar-refractivity contribution >= 4 is 22.5 Å². The first-order chi connectivity index (χ1) is 2.64. The molecule has 0 amide bonds. The summed E-state index contributed by atoms with van der Waals surface area (Å²) in [6.45, 7) is 1.64. The van der Waals surface area contributed by atoms with E-state index in [1.165, 1.54) is 0 Å². The predicted molar refractivity (Wildman–Crippen MR) is 23.9 cm³/mol. The maximum Gasteiger partial charge on any atom is 1.00 e. The quantitative estimate of drug-likeness (QED) is 0.430. The molecule has 0 aliphatic heterocycles. The van der Waals surface area contributed by atoms with Crippen LogP contribution in [0.15, 0.2) is 0 Å². The molecule has 0 spiro atoms. The van der Waals surface area contributed by atoms with Crippen molar-refractivity contribution in [3.63, 3.8) is 0 Å². The van der Waals surface area contributed by atoms with Crippen LogP contribution in [0.4, 0.5) is 0 Å². The van der Waals surface area contributed by atoms with Gasteiger partial charge >= 0.3 is 73.6 Å². The van der Waals surface area contributed by atoms with Gasteiger partial charge < -0.3 is 1.43 Å². The summed E-state index contributed by atoms with van der Waals surface area (Å²) in [6.07, 6.45) is 0. The van der Waals surface area contributed by atoms with E-state index in [0.717, 1.165) is 0 Å². The van der Waals surface area contributed by atoms with Gasteiger partial charge in [0.15, 0.2) is 0 Å². The van der Waals surface area contributed by atoms with E-state index < -0.39 is 5.97 Å². The topological polar surface area (TPSA) is 37.3 Å². The summed E-state index contributed by atoms with van der Waals surface area (Å²) in [6, 6.07) is 0. The third-order valence-electron chi connectivity index (χ3n) is 0.370. The third kappa shape index (κ3) is 7.01. The molecule has 0 aromatic rings. The standard InChI is InChI=1S/C3H5GeO2.Na.H/c1-2(4)3(5)6;;/h2H,1H3,(H,5,6);;/q;+1;-1. The average Bonchev–Trinajstić information content (AvgIpc) is 1.36. The Morgan fingerprint density at radius 1 is 2.00 bits per heavy atom. The van der Waals surface area contributed by atoms with Crippen molar-refractivity contribution in [2.75, 3.05) is 0 Å². The van der Waals surface area contributed by atoms with E-state index in [0.29, 0.717) is 0 Å². The second-order valence-electron chi connectivity index (χ2n) is 1.06. The van der Waals surface area contributed by atoms with Crippen LogP contribution in [-0.2, 0) is 4.79 Å². The van der Waals surface area contributed by atoms with E-state index in [2.05, 4.69) is 0 Å². The second kappa shape index (κ2) is 5.16. The molecular weight excluding hydrogens is 164 g/mol. The van der Waals surface area contributed by atoms with Crippen LogP contribution in [0, 0.1) is 0 Å². The van der Waals surface area contributed by atoms with Crippen LogP contribution >= 0.6 is 0 Å². The molecule has 35 valence electrons. The van der Waals surface area contributed by atoms with Crippen molar-refractivity contribution in [3.8, 4) is 0 Å². The smallest absolute Gasteiger partial charge is 1.00 e. The zero-order valence-corrected chi connectivity index (χ0v) is 8.53. The van der Waals surface area contributed by atoms with Crippen molar-refractivity contribution in [1.29, 1.82) is 0 Å². The summed E-state index contributed by atoms with van der Waals surface area (Å²) in [7, 11) is 0. The fourth-order valence-corrected chi connectivity index (χ4v) is 0. The summed E-state index contributed by atoms with van der Waals surface area (Å²) >= 11 is 1.64. The molecule has 3 radical (unpaired) electrons. The van der Waals surface area contributed by atoms with Crippen molar-refractivity contribution in [2.45, 2.75) is 11.7 Å². The average molecular weight is 170 g/mol. The van der Waals surface area contributed by atoms with E-state index in [1.54, 1.807) is 23.4 Å². The van der Waals surface area contributed by atoms with Gasteiger partial charge in [-0.25, -0.2) is 0 Å². The number of carboxylic acid groups (broad SMARTS) is 1. The van der Waals surface area contributed by atoms with E-state index in [4.69, 9.17) is 5.11 Å². The second-order valence-corrected chi connectivity index (χ2v) is 2.88. The molecule has 4 heteroatoms. The first-order valence-electron chi connectivity index (χ1n) is 1.58. The zero-order valence-electron chi connectivity index (χ0n) is 5.43. The van der Waals surface area contributed by atoms with Gasteiger partial charge in [-0.3, -0.25) is 0 Å². The molecule has 0 heterocycles. The Kier molecular flexibility index (Phi) is 8.03. The van der Waals surface area contributed by atoms with Gasteiger partial charge in [0.25, 0.3) is 0 Å². The molecule has 1 unspecified atom stereocenters. The Bertz CT molecular complexity index is 68.3. The Hall–Kier alpha value is 1.01. The molecule has 0 bridgehead atoms. The van der Waals surface area contributed by atoms with E-state index >= 15 is 0 Å². The molecule has 0 aliphatic rings. The number of carbonyl (C=O) groups is 1. The van der Waals surface area contributed by atoms with Crippen molar-refractivity contribution in [3.05, 3.63) is 0 Å². The van der Waals surface area contributed by atoms with Gasteiger partial charge in [-0.1, -0.05) is 0 Å². The van der Waals surface area contributed by atoms with Crippen LogP contribution in [0.5, 0.6) is 0 Å². The maximum atomic E-state index is 9.70. The first-order valence-corrected chi connectivity index (χ1v) is 2.79. The maximum absolute atomic E-state index is 9.70. The molecule has 7 heavy (non-hydrogen) atoms. The molecule has 0 aromatic heterocycles. The van der Waals surface area contributed by atoms with Crippen LogP contribution in [0.2, 0.25) is 4.75 Å². The molecule has 0 saturated carbocycles. The van der Waals surface area contributed by atoms with Crippen molar-refractivity contribution < 1.29 is 40.9 Å². The first kappa shape index (κ1) is 10.9. The zero-order chi connectivity index (χ0) is 5.15. The van der Waals surface area contributed by atoms with Gasteiger partial charge in [-0.15, -0.1) is 0 Å². The van der Waals surface area contributed by atoms with Gasteiger partial charge in [0.1, 0.15) is 0 Å². The molecule has 1 N–H and O–H groups in total. The summed E-state index contributed by atoms with van der Waals surface area (Å²) in [5.74, 6) is -0.741. The van der Waals surface area contributed by atoms with Gasteiger partial charge in [-0.2, -0.15) is 0 Å². The molecule has 0 rings (SSSR count). The van der Waals surface area contributed by atoms with Crippen molar-refractivity contribution in [1.82, 2.24) is 0 Å².